The van der Waals surface area contributed by atoms with Crippen molar-refractivity contribution in [1.82, 2.24) is 10.3 Å². The number of fused-ring (bicyclic) bond motifs is 1. The number of pyridine rings is 1. The van der Waals surface area contributed by atoms with Gasteiger partial charge < -0.3 is 5.32 Å². The van der Waals surface area contributed by atoms with Crippen LogP contribution in [0.3, 0.4) is 0 Å². The summed E-state index contributed by atoms with van der Waals surface area (Å²) in [6.45, 7) is 0. The zero-order valence-electron chi connectivity index (χ0n) is 10.2. The summed E-state index contributed by atoms with van der Waals surface area (Å²) in [5.74, 6) is 2.97. The van der Waals surface area contributed by atoms with Crippen molar-refractivity contribution < 1.29 is 0 Å². The van der Waals surface area contributed by atoms with Gasteiger partial charge in [0, 0.05) is 22.9 Å². The van der Waals surface area contributed by atoms with Crippen LogP contribution in [0.4, 0.5) is 0 Å². The van der Waals surface area contributed by atoms with E-state index in [1.54, 1.807) is 0 Å². The number of hydrogen-bond acceptors (Lipinski definition) is 2. The topological polar surface area (TPSA) is 24.9 Å². The molecule has 92 valence electrons. The van der Waals surface area contributed by atoms with Crippen LogP contribution in [-0.2, 0) is 6.42 Å². The maximum atomic E-state index is 4.25. The van der Waals surface area contributed by atoms with E-state index in [9.17, 15) is 0 Å². The molecule has 0 amide bonds. The van der Waals surface area contributed by atoms with Gasteiger partial charge in [0.25, 0.3) is 0 Å². The lowest BCUT2D eigenvalue weighted by Gasteiger charge is -2.18. The summed E-state index contributed by atoms with van der Waals surface area (Å²) in [6, 6.07) is 2.83. The molecule has 3 atom stereocenters. The quantitative estimate of drug-likeness (QED) is 0.923. The van der Waals surface area contributed by atoms with Crippen molar-refractivity contribution in [1.29, 1.82) is 0 Å². The van der Waals surface area contributed by atoms with Gasteiger partial charge in [-0.05, 0) is 71.6 Å². The molecule has 2 aliphatic rings. The van der Waals surface area contributed by atoms with Gasteiger partial charge in [0.1, 0.15) is 0 Å². The van der Waals surface area contributed by atoms with E-state index in [4.69, 9.17) is 0 Å². The van der Waals surface area contributed by atoms with Crippen LogP contribution in [0, 0.1) is 17.8 Å². The summed E-state index contributed by atoms with van der Waals surface area (Å²) in [6.07, 6.45) is 9.34. The maximum Gasteiger partial charge on any atom is 0.0410 e. The highest BCUT2D eigenvalue weighted by molar-refractivity contribution is 9.10. The number of halogens is 1. The SMILES string of the molecule is CNC(Cc1cncc(Br)c1)C1C2CCCC21. The zero-order valence-corrected chi connectivity index (χ0v) is 11.8. The average Bonchev–Trinajstić information content (AvgIpc) is 2.80. The van der Waals surface area contributed by atoms with E-state index >= 15 is 0 Å². The van der Waals surface area contributed by atoms with Crippen molar-refractivity contribution in [2.75, 3.05) is 7.05 Å². The number of nitrogens with one attached hydrogen (secondary N) is 1. The van der Waals surface area contributed by atoms with E-state index < -0.39 is 0 Å². The van der Waals surface area contributed by atoms with Gasteiger partial charge in [-0.2, -0.15) is 0 Å². The third-order valence-corrected chi connectivity index (χ3v) is 4.96. The lowest BCUT2D eigenvalue weighted by Crippen LogP contribution is -2.31. The number of likely N-dealkylation sites (N-methyl/N-ethyl adjacent to an activating group) is 1. The molecule has 2 saturated carbocycles. The minimum atomic E-state index is 0.640. The highest BCUT2D eigenvalue weighted by Gasteiger charge is 2.55. The Bertz CT molecular complexity index is 397. The molecule has 0 saturated heterocycles. The van der Waals surface area contributed by atoms with Crippen molar-refractivity contribution >= 4 is 15.9 Å². The summed E-state index contributed by atoms with van der Waals surface area (Å²) >= 11 is 3.49. The first-order chi connectivity index (χ1) is 8.29. The van der Waals surface area contributed by atoms with Gasteiger partial charge in [-0.1, -0.05) is 6.42 Å². The van der Waals surface area contributed by atoms with E-state index in [2.05, 4.69) is 39.3 Å². The van der Waals surface area contributed by atoms with Gasteiger partial charge in [-0.3, -0.25) is 4.98 Å². The van der Waals surface area contributed by atoms with Crippen LogP contribution in [-0.4, -0.2) is 18.1 Å². The standard InChI is InChI=1S/C14H19BrN2/c1-16-13(14-11-3-2-4-12(11)14)6-9-5-10(15)8-17-7-9/h5,7-8,11-14,16H,2-4,6H2,1H3. The second kappa shape index (κ2) is 4.69. The molecule has 0 radical (unpaired) electrons. The monoisotopic (exact) mass is 294 g/mol. The first-order valence-electron chi connectivity index (χ1n) is 6.56. The maximum absolute atomic E-state index is 4.25. The molecule has 3 unspecified atom stereocenters. The molecule has 1 aromatic heterocycles. The molecule has 0 aliphatic heterocycles. The third-order valence-electron chi connectivity index (χ3n) is 4.53. The molecule has 1 heterocycles. The fourth-order valence-electron chi connectivity index (χ4n) is 3.73. The minimum Gasteiger partial charge on any atom is -0.316 e. The van der Waals surface area contributed by atoms with Gasteiger partial charge in [-0.25, -0.2) is 0 Å². The third kappa shape index (κ3) is 2.27. The fraction of sp³-hybridized carbons (Fsp3) is 0.643. The summed E-state index contributed by atoms with van der Waals surface area (Å²) in [4.78, 5) is 4.25. The zero-order chi connectivity index (χ0) is 11.8. The van der Waals surface area contributed by atoms with Crippen molar-refractivity contribution in [2.24, 2.45) is 17.8 Å². The van der Waals surface area contributed by atoms with Crippen molar-refractivity contribution in [2.45, 2.75) is 31.7 Å². The van der Waals surface area contributed by atoms with Crippen molar-refractivity contribution in [3.63, 3.8) is 0 Å². The Balaban J connectivity index is 1.66. The molecule has 0 spiro atoms. The minimum absolute atomic E-state index is 0.640. The molecular weight excluding hydrogens is 276 g/mol. The van der Waals surface area contributed by atoms with Crippen molar-refractivity contribution in [3.8, 4) is 0 Å². The summed E-state index contributed by atoms with van der Waals surface area (Å²) in [5.41, 5.74) is 1.34. The second-order valence-corrected chi connectivity index (χ2v) is 6.36. The predicted molar refractivity (Wildman–Crippen MR) is 72.8 cm³/mol. The number of rotatable bonds is 4. The largest absolute Gasteiger partial charge is 0.316 e. The van der Waals surface area contributed by atoms with E-state index in [0.29, 0.717) is 6.04 Å². The molecule has 2 fully saturated rings. The highest BCUT2D eigenvalue weighted by atomic mass is 79.9. The van der Waals surface area contributed by atoms with Gasteiger partial charge in [-0.15, -0.1) is 0 Å². The summed E-state index contributed by atoms with van der Waals surface area (Å²) in [5, 5.41) is 3.52. The van der Waals surface area contributed by atoms with Crippen molar-refractivity contribution in [3.05, 3.63) is 28.5 Å². The van der Waals surface area contributed by atoms with Crippen LogP contribution in [0.25, 0.3) is 0 Å². The first kappa shape index (κ1) is 11.7. The Morgan fingerprint density at radius 2 is 2.18 bits per heavy atom. The Morgan fingerprint density at radius 1 is 1.41 bits per heavy atom. The molecule has 3 rings (SSSR count). The Hall–Kier alpha value is -0.410. The molecule has 1 aromatic rings. The van der Waals surface area contributed by atoms with E-state index in [-0.39, 0.29) is 0 Å². The molecule has 0 bridgehead atoms. The summed E-state index contributed by atoms with van der Waals surface area (Å²) in [7, 11) is 2.10. The molecule has 17 heavy (non-hydrogen) atoms. The Morgan fingerprint density at radius 3 is 2.82 bits per heavy atom. The molecule has 0 aromatic carbocycles. The lowest BCUT2D eigenvalue weighted by atomic mass is 9.98. The molecule has 2 aliphatic carbocycles. The van der Waals surface area contributed by atoms with Gasteiger partial charge in [0.05, 0.1) is 0 Å². The lowest BCUT2D eigenvalue weighted by molar-refractivity contribution is 0.428. The number of hydrogen-bond donors (Lipinski definition) is 1. The number of aromatic nitrogens is 1. The van der Waals surface area contributed by atoms with Gasteiger partial charge >= 0.3 is 0 Å². The van der Waals surface area contributed by atoms with Crippen LogP contribution < -0.4 is 5.32 Å². The average molecular weight is 295 g/mol. The predicted octanol–water partition coefficient (Wildman–Crippen LogP) is 3.02. The Labute approximate surface area is 111 Å². The van der Waals surface area contributed by atoms with Crippen LogP contribution in [0.15, 0.2) is 22.9 Å². The highest BCUT2D eigenvalue weighted by Crippen LogP contribution is 2.59. The van der Waals surface area contributed by atoms with Crippen LogP contribution in [0.2, 0.25) is 0 Å². The molecule has 1 N–H and O–H groups in total. The smallest absolute Gasteiger partial charge is 0.0410 e. The summed E-state index contributed by atoms with van der Waals surface area (Å²) < 4.78 is 1.08. The van der Waals surface area contributed by atoms with E-state index in [1.165, 1.54) is 24.8 Å². The molecule has 3 heteroatoms. The van der Waals surface area contributed by atoms with Gasteiger partial charge in [0.2, 0.25) is 0 Å². The van der Waals surface area contributed by atoms with Crippen LogP contribution >= 0.6 is 15.9 Å². The normalized spacial score (nSPS) is 32.2. The van der Waals surface area contributed by atoms with Crippen LogP contribution in [0.5, 0.6) is 0 Å². The molecular formula is C14H19BrN2. The fourth-order valence-corrected chi connectivity index (χ4v) is 4.14. The second-order valence-electron chi connectivity index (χ2n) is 5.45. The van der Waals surface area contributed by atoms with Crippen LogP contribution in [0.1, 0.15) is 24.8 Å². The van der Waals surface area contributed by atoms with Gasteiger partial charge in [0.15, 0.2) is 0 Å². The molecule has 2 nitrogen and oxygen atoms in total. The number of nitrogens with zero attached hydrogens (tertiary/aromatic N) is 1. The first-order valence-corrected chi connectivity index (χ1v) is 7.35. The Kier molecular flexibility index (Phi) is 3.22. The van der Waals surface area contributed by atoms with E-state index in [1.807, 2.05) is 12.4 Å². The van der Waals surface area contributed by atoms with E-state index in [0.717, 1.165) is 28.6 Å².